The highest BCUT2D eigenvalue weighted by molar-refractivity contribution is 5.87. The molecule has 1 fully saturated rings. The van der Waals surface area contributed by atoms with Gasteiger partial charge in [-0.2, -0.15) is 0 Å². The molecule has 1 aliphatic carbocycles. The van der Waals surface area contributed by atoms with Crippen molar-refractivity contribution in [3.63, 3.8) is 0 Å². The summed E-state index contributed by atoms with van der Waals surface area (Å²) in [6.07, 6.45) is 5.01. The minimum atomic E-state index is -0.956. The van der Waals surface area contributed by atoms with Gasteiger partial charge in [-0.3, -0.25) is 0 Å². The monoisotopic (exact) mass is 299 g/mol. The van der Waals surface area contributed by atoms with Crippen molar-refractivity contribution in [3.05, 3.63) is 42.0 Å². The van der Waals surface area contributed by atoms with E-state index in [0.717, 1.165) is 16.3 Å². The number of carboxylic acids is 1. The topological polar surface area (TPSA) is 58.6 Å². The Kier molecular flexibility index (Phi) is 4.59. The molecule has 4 heteroatoms. The molecule has 4 nitrogen and oxygen atoms in total. The number of carboxylic acid groups (broad SMARTS) is 1. The molecule has 0 spiro atoms. The number of ether oxygens (including phenoxy) is 1. The van der Waals surface area contributed by atoms with E-state index in [1.807, 2.05) is 24.3 Å². The maximum Gasteiger partial charge on any atom is 0.341 e. The average molecular weight is 299 g/mol. The normalized spacial score (nSPS) is 15.3. The van der Waals surface area contributed by atoms with Gasteiger partial charge in [0, 0.05) is 18.2 Å². The van der Waals surface area contributed by atoms with Crippen LogP contribution in [0.5, 0.6) is 5.75 Å². The zero-order valence-electron chi connectivity index (χ0n) is 12.5. The van der Waals surface area contributed by atoms with Crippen LogP contribution in [0.15, 0.2) is 36.4 Å². The van der Waals surface area contributed by atoms with Crippen LogP contribution in [0.2, 0.25) is 0 Å². The van der Waals surface area contributed by atoms with E-state index in [1.54, 1.807) is 0 Å². The van der Waals surface area contributed by atoms with Gasteiger partial charge in [-0.25, -0.2) is 4.79 Å². The third kappa shape index (κ3) is 3.39. The van der Waals surface area contributed by atoms with Crippen LogP contribution in [0.4, 0.5) is 0 Å². The van der Waals surface area contributed by atoms with Gasteiger partial charge in [0.05, 0.1) is 0 Å². The highest BCUT2D eigenvalue weighted by Crippen LogP contribution is 2.29. The fourth-order valence-corrected chi connectivity index (χ4v) is 3.15. The summed E-state index contributed by atoms with van der Waals surface area (Å²) < 4.78 is 5.48. The van der Waals surface area contributed by atoms with Gasteiger partial charge in [0.15, 0.2) is 6.61 Å². The number of aliphatic carboxylic acids is 1. The van der Waals surface area contributed by atoms with E-state index in [9.17, 15) is 4.79 Å². The summed E-state index contributed by atoms with van der Waals surface area (Å²) in [5, 5.41) is 14.7. The fourth-order valence-electron chi connectivity index (χ4n) is 3.15. The Balaban J connectivity index is 1.87. The van der Waals surface area contributed by atoms with Crippen molar-refractivity contribution in [1.82, 2.24) is 5.32 Å². The first-order chi connectivity index (χ1) is 10.7. The van der Waals surface area contributed by atoms with E-state index in [-0.39, 0.29) is 6.61 Å². The first-order valence-electron chi connectivity index (χ1n) is 7.82. The SMILES string of the molecule is O=C(O)COc1ccc2ccccc2c1CNC1CCCC1. The van der Waals surface area contributed by atoms with Gasteiger partial charge in [0.25, 0.3) is 0 Å². The van der Waals surface area contributed by atoms with Gasteiger partial charge in [-0.15, -0.1) is 0 Å². The Hall–Kier alpha value is -2.07. The Bertz CT molecular complexity index is 662. The number of hydrogen-bond acceptors (Lipinski definition) is 3. The lowest BCUT2D eigenvalue weighted by atomic mass is 10.0. The highest BCUT2D eigenvalue weighted by atomic mass is 16.5. The van der Waals surface area contributed by atoms with E-state index < -0.39 is 5.97 Å². The molecule has 1 saturated carbocycles. The number of benzene rings is 2. The second kappa shape index (κ2) is 6.79. The van der Waals surface area contributed by atoms with Crippen molar-refractivity contribution in [1.29, 1.82) is 0 Å². The number of hydrogen-bond donors (Lipinski definition) is 2. The molecule has 0 aliphatic heterocycles. The predicted octanol–water partition coefficient (Wildman–Crippen LogP) is 3.34. The van der Waals surface area contributed by atoms with Crippen molar-refractivity contribution in [2.75, 3.05) is 6.61 Å². The molecule has 0 aromatic heterocycles. The molecule has 0 bridgehead atoms. The van der Waals surface area contributed by atoms with Crippen molar-refractivity contribution in [2.45, 2.75) is 38.3 Å². The molecule has 0 amide bonds. The van der Waals surface area contributed by atoms with Crippen LogP contribution < -0.4 is 10.1 Å². The number of rotatable bonds is 6. The molecule has 0 atom stereocenters. The van der Waals surface area contributed by atoms with Crippen molar-refractivity contribution >= 4 is 16.7 Å². The van der Waals surface area contributed by atoms with E-state index in [0.29, 0.717) is 18.3 Å². The summed E-state index contributed by atoms with van der Waals surface area (Å²) in [7, 11) is 0. The van der Waals surface area contributed by atoms with Gasteiger partial charge in [-0.05, 0) is 29.7 Å². The van der Waals surface area contributed by atoms with Crippen molar-refractivity contribution in [3.8, 4) is 5.75 Å². The molecule has 2 aromatic carbocycles. The van der Waals surface area contributed by atoms with Crippen molar-refractivity contribution in [2.24, 2.45) is 0 Å². The maximum absolute atomic E-state index is 10.8. The molecule has 2 aromatic rings. The van der Waals surface area contributed by atoms with Crippen LogP contribution in [0, 0.1) is 0 Å². The van der Waals surface area contributed by atoms with Crippen LogP contribution in [0.3, 0.4) is 0 Å². The Morgan fingerprint density at radius 1 is 1.18 bits per heavy atom. The zero-order chi connectivity index (χ0) is 15.4. The molecular weight excluding hydrogens is 278 g/mol. The molecule has 116 valence electrons. The highest BCUT2D eigenvalue weighted by Gasteiger charge is 2.16. The molecule has 0 saturated heterocycles. The summed E-state index contributed by atoms with van der Waals surface area (Å²) in [5.74, 6) is -0.297. The largest absolute Gasteiger partial charge is 0.482 e. The molecule has 1 aliphatic rings. The lowest BCUT2D eigenvalue weighted by Crippen LogP contribution is -2.25. The summed E-state index contributed by atoms with van der Waals surface area (Å²) in [5.41, 5.74) is 1.05. The predicted molar refractivity (Wildman–Crippen MR) is 86.2 cm³/mol. The van der Waals surface area contributed by atoms with Gasteiger partial charge in [-0.1, -0.05) is 43.2 Å². The fraction of sp³-hybridized carbons (Fsp3) is 0.389. The molecule has 0 unspecified atom stereocenters. The molecule has 0 radical (unpaired) electrons. The van der Waals surface area contributed by atoms with Crippen LogP contribution in [-0.4, -0.2) is 23.7 Å². The summed E-state index contributed by atoms with van der Waals surface area (Å²) >= 11 is 0. The molecule has 22 heavy (non-hydrogen) atoms. The standard InChI is InChI=1S/C18H21NO3/c20-18(21)12-22-17-10-9-13-5-1-4-8-15(13)16(17)11-19-14-6-2-3-7-14/h1,4-5,8-10,14,19H,2-3,6-7,11-12H2,(H,20,21). The van der Waals surface area contributed by atoms with E-state index >= 15 is 0 Å². The number of nitrogens with one attached hydrogen (secondary N) is 1. The van der Waals surface area contributed by atoms with Gasteiger partial charge < -0.3 is 15.2 Å². The number of carbonyl (C=O) groups is 1. The minimum Gasteiger partial charge on any atom is -0.482 e. The Morgan fingerprint density at radius 3 is 2.73 bits per heavy atom. The Labute approximate surface area is 130 Å². The average Bonchev–Trinajstić information content (AvgIpc) is 3.04. The second-order valence-electron chi connectivity index (χ2n) is 5.81. The van der Waals surface area contributed by atoms with Crippen LogP contribution in [0.25, 0.3) is 10.8 Å². The van der Waals surface area contributed by atoms with Crippen LogP contribution in [-0.2, 0) is 11.3 Å². The van der Waals surface area contributed by atoms with Gasteiger partial charge in [0.2, 0.25) is 0 Å². The summed E-state index contributed by atoms with van der Waals surface area (Å²) in [6, 6.07) is 12.6. The second-order valence-corrected chi connectivity index (χ2v) is 5.81. The van der Waals surface area contributed by atoms with E-state index in [4.69, 9.17) is 9.84 Å². The first-order valence-corrected chi connectivity index (χ1v) is 7.82. The lowest BCUT2D eigenvalue weighted by Gasteiger charge is -2.17. The molecule has 0 heterocycles. The first kappa shape index (κ1) is 14.9. The maximum atomic E-state index is 10.8. The minimum absolute atomic E-state index is 0.311. The molecule has 3 rings (SSSR count). The smallest absolute Gasteiger partial charge is 0.341 e. The molecular formula is C18H21NO3. The van der Waals surface area contributed by atoms with Crippen LogP contribution >= 0.6 is 0 Å². The van der Waals surface area contributed by atoms with Gasteiger partial charge >= 0.3 is 5.97 Å². The van der Waals surface area contributed by atoms with E-state index in [1.165, 1.54) is 25.7 Å². The number of fused-ring (bicyclic) bond motifs is 1. The van der Waals surface area contributed by atoms with Crippen LogP contribution in [0.1, 0.15) is 31.2 Å². The quantitative estimate of drug-likeness (QED) is 0.859. The third-order valence-corrected chi connectivity index (χ3v) is 4.27. The summed E-state index contributed by atoms with van der Waals surface area (Å²) in [4.78, 5) is 10.8. The summed E-state index contributed by atoms with van der Waals surface area (Å²) in [6.45, 7) is 0.399. The lowest BCUT2D eigenvalue weighted by molar-refractivity contribution is -0.139. The van der Waals surface area contributed by atoms with E-state index in [2.05, 4.69) is 17.4 Å². The molecule has 2 N–H and O–H groups in total. The van der Waals surface area contributed by atoms with Gasteiger partial charge in [0.1, 0.15) is 5.75 Å². The zero-order valence-corrected chi connectivity index (χ0v) is 12.5. The van der Waals surface area contributed by atoms with Crippen molar-refractivity contribution < 1.29 is 14.6 Å². The Morgan fingerprint density at radius 2 is 1.95 bits per heavy atom. The third-order valence-electron chi connectivity index (χ3n) is 4.27.